The van der Waals surface area contributed by atoms with Gasteiger partial charge < -0.3 is 19.4 Å². The Balaban J connectivity index is 1.45. The molecule has 0 atom stereocenters. The van der Waals surface area contributed by atoms with E-state index in [1.54, 1.807) is 0 Å². The molecule has 0 unspecified atom stereocenters. The van der Waals surface area contributed by atoms with Gasteiger partial charge in [-0.3, -0.25) is 4.79 Å². The van der Waals surface area contributed by atoms with Gasteiger partial charge in [-0.15, -0.1) is 10.2 Å². The molecular formula is C21H30N4O3S. The average Bonchev–Trinajstić information content (AvgIpc) is 2.94. The molecule has 1 N–H and O–H groups in total. The molecule has 0 saturated carbocycles. The molecule has 1 aliphatic rings. The molecule has 0 radical (unpaired) electrons. The molecule has 0 spiro atoms. The SMILES string of the molecule is CCOc1ccc(CCNC(=O)CSc2nnc3n2CCCCC3)cc1OCC. The summed E-state index contributed by atoms with van der Waals surface area (Å²) in [5.41, 5.74) is 1.10. The third-order valence-corrected chi connectivity index (χ3v) is 5.72. The average molecular weight is 419 g/mol. The molecule has 29 heavy (non-hydrogen) atoms. The van der Waals surface area contributed by atoms with Crippen molar-refractivity contribution in [3.8, 4) is 11.5 Å². The van der Waals surface area contributed by atoms with Crippen LogP contribution in [0.3, 0.4) is 0 Å². The molecule has 158 valence electrons. The van der Waals surface area contributed by atoms with Crippen LogP contribution in [-0.2, 0) is 24.2 Å². The number of aryl methyl sites for hydroxylation is 1. The molecule has 1 aliphatic heterocycles. The van der Waals surface area contributed by atoms with Crippen LogP contribution < -0.4 is 14.8 Å². The van der Waals surface area contributed by atoms with E-state index >= 15 is 0 Å². The second kappa shape index (κ2) is 11.1. The zero-order valence-corrected chi connectivity index (χ0v) is 18.1. The number of rotatable bonds is 10. The molecule has 0 fully saturated rings. The number of amides is 1. The molecule has 3 rings (SSSR count). The van der Waals surface area contributed by atoms with E-state index in [4.69, 9.17) is 9.47 Å². The highest BCUT2D eigenvalue weighted by Gasteiger charge is 2.16. The molecular weight excluding hydrogens is 388 g/mol. The minimum Gasteiger partial charge on any atom is -0.490 e. The van der Waals surface area contributed by atoms with Gasteiger partial charge >= 0.3 is 0 Å². The number of thioether (sulfide) groups is 1. The molecule has 8 heteroatoms. The predicted octanol–water partition coefficient (Wildman–Crippen LogP) is 3.25. The third kappa shape index (κ3) is 6.13. The summed E-state index contributed by atoms with van der Waals surface area (Å²) in [6.07, 6.45) is 5.26. The summed E-state index contributed by atoms with van der Waals surface area (Å²) < 4.78 is 13.4. The van der Waals surface area contributed by atoms with Crippen molar-refractivity contribution in [3.63, 3.8) is 0 Å². The highest BCUT2D eigenvalue weighted by atomic mass is 32.2. The minimum absolute atomic E-state index is 0.0111. The number of hydrogen-bond acceptors (Lipinski definition) is 6. The minimum atomic E-state index is 0.0111. The van der Waals surface area contributed by atoms with E-state index in [0.29, 0.717) is 25.5 Å². The van der Waals surface area contributed by atoms with Gasteiger partial charge in [0.15, 0.2) is 16.7 Å². The first kappa shape index (κ1) is 21.5. The summed E-state index contributed by atoms with van der Waals surface area (Å²) in [6, 6.07) is 5.93. The van der Waals surface area contributed by atoms with E-state index in [1.807, 2.05) is 32.0 Å². The molecule has 1 aromatic heterocycles. The van der Waals surface area contributed by atoms with Gasteiger partial charge in [-0.05, 0) is 50.8 Å². The quantitative estimate of drug-likeness (QED) is 0.597. The Hall–Kier alpha value is -2.22. The highest BCUT2D eigenvalue weighted by Crippen LogP contribution is 2.28. The van der Waals surface area contributed by atoms with Crippen molar-refractivity contribution in [1.82, 2.24) is 20.1 Å². The first-order chi connectivity index (χ1) is 14.2. The Kier molecular flexibility index (Phi) is 8.22. The number of ether oxygens (including phenoxy) is 2. The van der Waals surface area contributed by atoms with Crippen molar-refractivity contribution >= 4 is 17.7 Å². The number of carbonyl (C=O) groups excluding carboxylic acids is 1. The summed E-state index contributed by atoms with van der Waals surface area (Å²) in [7, 11) is 0. The Morgan fingerprint density at radius 1 is 1.14 bits per heavy atom. The van der Waals surface area contributed by atoms with Crippen molar-refractivity contribution in [2.75, 3.05) is 25.5 Å². The van der Waals surface area contributed by atoms with Crippen molar-refractivity contribution in [3.05, 3.63) is 29.6 Å². The predicted molar refractivity (Wildman–Crippen MR) is 114 cm³/mol. The van der Waals surface area contributed by atoms with Crippen LogP contribution in [0.25, 0.3) is 0 Å². The zero-order chi connectivity index (χ0) is 20.5. The number of fused-ring (bicyclic) bond motifs is 1. The van der Waals surface area contributed by atoms with E-state index in [0.717, 1.165) is 53.9 Å². The smallest absolute Gasteiger partial charge is 0.230 e. The number of benzene rings is 1. The zero-order valence-electron chi connectivity index (χ0n) is 17.3. The molecule has 2 heterocycles. The number of nitrogens with zero attached hydrogens (tertiary/aromatic N) is 3. The molecule has 2 aromatic rings. The van der Waals surface area contributed by atoms with E-state index < -0.39 is 0 Å². The fourth-order valence-corrected chi connectivity index (χ4v) is 4.16. The Morgan fingerprint density at radius 3 is 2.79 bits per heavy atom. The topological polar surface area (TPSA) is 78.3 Å². The number of hydrogen-bond donors (Lipinski definition) is 1. The summed E-state index contributed by atoms with van der Waals surface area (Å²) >= 11 is 1.46. The maximum atomic E-state index is 12.2. The van der Waals surface area contributed by atoms with E-state index in [1.165, 1.54) is 24.6 Å². The van der Waals surface area contributed by atoms with Gasteiger partial charge in [0.1, 0.15) is 5.82 Å². The van der Waals surface area contributed by atoms with Crippen LogP contribution in [0.5, 0.6) is 11.5 Å². The van der Waals surface area contributed by atoms with Crippen LogP contribution in [0.15, 0.2) is 23.4 Å². The lowest BCUT2D eigenvalue weighted by Gasteiger charge is -2.12. The second-order valence-electron chi connectivity index (χ2n) is 6.90. The van der Waals surface area contributed by atoms with Gasteiger partial charge in [-0.2, -0.15) is 0 Å². The van der Waals surface area contributed by atoms with Crippen molar-refractivity contribution in [2.24, 2.45) is 0 Å². The third-order valence-electron chi connectivity index (χ3n) is 4.75. The Labute approximate surface area is 176 Å². The van der Waals surface area contributed by atoms with Crippen molar-refractivity contribution in [2.45, 2.75) is 57.7 Å². The Morgan fingerprint density at radius 2 is 1.97 bits per heavy atom. The highest BCUT2D eigenvalue weighted by molar-refractivity contribution is 7.99. The lowest BCUT2D eigenvalue weighted by Crippen LogP contribution is -2.27. The molecule has 1 aromatic carbocycles. The standard InChI is InChI=1S/C21H30N4O3S/c1-3-27-17-10-9-16(14-18(17)28-4-2)11-12-22-20(26)15-29-21-24-23-19-8-6-5-7-13-25(19)21/h9-10,14H,3-8,11-13,15H2,1-2H3,(H,22,26). The molecule has 1 amide bonds. The van der Waals surface area contributed by atoms with Crippen LogP contribution in [0.4, 0.5) is 0 Å². The van der Waals surface area contributed by atoms with Gasteiger partial charge in [0, 0.05) is 19.5 Å². The van der Waals surface area contributed by atoms with E-state index in [-0.39, 0.29) is 5.91 Å². The second-order valence-corrected chi connectivity index (χ2v) is 7.84. The summed E-state index contributed by atoms with van der Waals surface area (Å²) in [6.45, 7) is 6.62. The molecule has 0 saturated heterocycles. The van der Waals surface area contributed by atoms with Crippen LogP contribution in [0, 0.1) is 0 Å². The van der Waals surface area contributed by atoms with Gasteiger partial charge in [0.25, 0.3) is 0 Å². The first-order valence-corrected chi connectivity index (χ1v) is 11.4. The fraction of sp³-hybridized carbons (Fsp3) is 0.571. The van der Waals surface area contributed by atoms with Gasteiger partial charge in [-0.25, -0.2) is 0 Å². The van der Waals surface area contributed by atoms with Gasteiger partial charge in [-0.1, -0.05) is 24.2 Å². The number of carbonyl (C=O) groups is 1. The normalized spacial score (nSPS) is 13.4. The van der Waals surface area contributed by atoms with Crippen LogP contribution in [0.1, 0.15) is 44.5 Å². The first-order valence-electron chi connectivity index (χ1n) is 10.4. The van der Waals surface area contributed by atoms with Crippen molar-refractivity contribution < 1.29 is 14.3 Å². The lowest BCUT2D eigenvalue weighted by atomic mass is 10.1. The fourth-order valence-electron chi connectivity index (χ4n) is 3.34. The number of nitrogens with one attached hydrogen (secondary N) is 1. The summed E-state index contributed by atoms with van der Waals surface area (Å²) in [4.78, 5) is 12.2. The monoisotopic (exact) mass is 418 g/mol. The van der Waals surface area contributed by atoms with E-state index in [2.05, 4.69) is 20.1 Å². The largest absolute Gasteiger partial charge is 0.490 e. The number of aromatic nitrogens is 3. The van der Waals surface area contributed by atoms with Crippen LogP contribution in [-0.4, -0.2) is 46.2 Å². The molecule has 0 bridgehead atoms. The maximum absolute atomic E-state index is 12.2. The maximum Gasteiger partial charge on any atom is 0.230 e. The molecule has 0 aliphatic carbocycles. The summed E-state index contributed by atoms with van der Waals surface area (Å²) in [5, 5.41) is 12.4. The van der Waals surface area contributed by atoms with Crippen LogP contribution in [0.2, 0.25) is 0 Å². The van der Waals surface area contributed by atoms with Gasteiger partial charge in [0.2, 0.25) is 5.91 Å². The lowest BCUT2D eigenvalue weighted by molar-refractivity contribution is -0.118. The Bertz CT molecular complexity index is 809. The van der Waals surface area contributed by atoms with E-state index in [9.17, 15) is 4.79 Å². The van der Waals surface area contributed by atoms with Crippen LogP contribution >= 0.6 is 11.8 Å². The molecule has 7 nitrogen and oxygen atoms in total. The summed E-state index contributed by atoms with van der Waals surface area (Å²) in [5.74, 6) is 2.92. The van der Waals surface area contributed by atoms with Gasteiger partial charge in [0.05, 0.1) is 19.0 Å². The van der Waals surface area contributed by atoms with Crippen molar-refractivity contribution in [1.29, 1.82) is 0 Å².